The Morgan fingerprint density at radius 2 is 2.20 bits per heavy atom. The smallest absolute Gasteiger partial charge is 0.156 e. The molecule has 1 unspecified atom stereocenters. The van der Waals surface area contributed by atoms with Crippen molar-refractivity contribution in [3.05, 3.63) is 46.1 Å². The second-order valence-corrected chi connectivity index (χ2v) is 7.44. The second-order valence-electron chi connectivity index (χ2n) is 6.72. The highest BCUT2D eigenvalue weighted by Gasteiger charge is 2.24. The van der Waals surface area contributed by atoms with E-state index in [0.717, 1.165) is 60.5 Å². The van der Waals surface area contributed by atoms with E-state index in [0.29, 0.717) is 5.92 Å². The molecule has 1 aliphatic rings. The Morgan fingerprint density at radius 3 is 2.96 bits per heavy atom. The summed E-state index contributed by atoms with van der Waals surface area (Å²) in [5, 5.41) is 2.13. The lowest BCUT2D eigenvalue weighted by Crippen LogP contribution is -2.34. The Morgan fingerprint density at radius 1 is 1.28 bits per heavy atom. The van der Waals surface area contributed by atoms with Crippen molar-refractivity contribution < 1.29 is 0 Å². The molecule has 1 atom stereocenters. The van der Waals surface area contributed by atoms with Crippen LogP contribution in [0.2, 0.25) is 0 Å². The van der Waals surface area contributed by atoms with Gasteiger partial charge in [-0.15, -0.1) is 11.3 Å². The highest BCUT2D eigenvalue weighted by molar-refractivity contribution is 7.07. The molecule has 1 aliphatic heterocycles. The van der Waals surface area contributed by atoms with Gasteiger partial charge in [0.2, 0.25) is 0 Å². The van der Waals surface area contributed by atoms with Gasteiger partial charge in [0.25, 0.3) is 0 Å². The molecule has 6 nitrogen and oxygen atoms in total. The first-order chi connectivity index (χ1) is 12.2. The first kappa shape index (κ1) is 16.4. The van der Waals surface area contributed by atoms with E-state index < -0.39 is 0 Å². The van der Waals surface area contributed by atoms with Crippen LogP contribution in [0.5, 0.6) is 0 Å². The third-order valence-electron chi connectivity index (χ3n) is 4.56. The number of aryl methyl sites for hydroxylation is 2. The summed E-state index contributed by atoms with van der Waals surface area (Å²) in [4.78, 5) is 24.1. The summed E-state index contributed by atoms with van der Waals surface area (Å²) in [6.45, 7) is 7.04. The maximum absolute atomic E-state index is 4.83. The van der Waals surface area contributed by atoms with Gasteiger partial charge in [-0.25, -0.2) is 19.9 Å². The normalized spacial score (nSPS) is 18.6. The zero-order chi connectivity index (χ0) is 17.2. The van der Waals surface area contributed by atoms with E-state index in [4.69, 9.17) is 9.97 Å². The quantitative estimate of drug-likeness (QED) is 0.778. The molecule has 1 fully saturated rings. The van der Waals surface area contributed by atoms with Gasteiger partial charge in [-0.1, -0.05) is 0 Å². The third kappa shape index (κ3) is 3.77. The van der Waals surface area contributed by atoms with Crippen molar-refractivity contribution in [2.75, 3.05) is 13.1 Å². The fourth-order valence-corrected chi connectivity index (χ4v) is 3.94. The van der Waals surface area contributed by atoms with Gasteiger partial charge in [-0.3, -0.25) is 4.90 Å². The van der Waals surface area contributed by atoms with Gasteiger partial charge in [0.1, 0.15) is 11.5 Å². The van der Waals surface area contributed by atoms with Gasteiger partial charge in [-0.05, 0) is 39.3 Å². The number of thiazole rings is 1. The van der Waals surface area contributed by atoms with E-state index in [9.17, 15) is 0 Å². The topological polar surface area (TPSA) is 70.6 Å². The Labute approximate surface area is 151 Å². The average Bonchev–Trinajstić information content (AvgIpc) is 3.26. The number of likely N-dealkylation sites (tertiary alicyclic amines) is 1. The summed E-state index contributed by atoms with van der Waals surface area (Å²) in [7, 11) is 0. The van der Waals surface area contributed by atoms with Crippen molar-refractivity contribution in [3.63, 3.8) is 0 Å². The summed E-state index contributed by atoms with van der Waals surface area (Å²) in [5.41, 5.74) is 5.97. The van der Waals surface area contributed by atoms with Crippen molar-refractivity contribution in [1.82, 2.24) is 29.8 Å². The van der Waals surface area contributed by atoms with Crippen LogP contribution in [0, 0.1) is 13.8 Å². The minimum atomic E-state index is 0.363. The molecule has 1 saturated heterocycles. The largest absolute Gasteiger partial charge is 0.341 e. The Kier molecular flexibility index (Phi) is 4.59. The summed E-state index contributed by atoms with van der Waals surface area (Å²) in [6, 6.07) is 2.00. The minimum absolute atomic E-state index is 0.363. The predicted octanol–water partition coefficient (Wildman–Crippen LogP) is 3.32. The minimum Gasteiger partial charge on any atom is -0.341 e. The fourth-order valence-electron chi connectivity index (χ4n) is 3.39. The van der Waals surface area contributed by atoms with Crippen molar-refractivity contribution in [3.8, 4) is 11.5 Å². The summed E-state index contributed by atoms with van der Waals surface area (Å²) < 4.78 is 0. The van der Waals surface area contributed by atoms with Crippen molar-refractivity contribution in [1.29, 1.82) is 0 Å². The third-order valence-corrected chi connectivity index (χ3v) is 5.19. The van der Waals surface area contributed by atoms with E-state index >= 15 is 0 Å². The van der Waals surface area contributed by atoms with Crippen LogP contribution in [-0.2, 0) is 6.54 Å². The number of hydrogen-bond acceptors (Lipinski definition) is 6. The molecule has 25 heavy (non-hydrogen) atoms. The maximum atomic E-state index is 4.83. The van der Waals surface area contributed by atoms with Crippen LogP contribution < -0.4 is 0 Å². The number of aromatic nitrogens is 5. The maximum Gasteiger partial charge on any atom is 0.156 e. The molecule has 0 amide bonds. The number of aromatic amines is 1. The van der Waals surface area contributed by atoms with Crippen molar-refractivity contribution >= 4 is 11.3 Å². The van der Waals surface area contributed by atoms with Gasteiger partial charge >= 0.3 is 0 Å². The highest BCUT2D eigenvalue weighted by atomic mass is 32.1. The van der Waals surface area contributed by atoms with Crippen LogP contribution in [0.4, 0.5) is 0 Å². The molecular weight excluding hydrogens is 332 g/mol. The Balaban J connectivity index is 1.55. The number of nitrogens with one attached hydrogen (secondary N) is 1. The number of rotatable bonds is 4. The molecule has 3 aromatic heterocycles. The summed E-state index contributed by atoms with van der Waals surface area (Å²) in [5.74, 6) is 2.12. The zero-order valence-electron chi connectivity index (χ0n) is 14.6. The van der Waals surface area contributed by atoms with Gasteiger partial charge in [0.15, 0.2) is 5.82 Å². The van der Waals surface area contributed by atoms with E-state index in [-0.39, 0.29) is 0 Å². The molecule has 0 bridgehead atoms. The molecule has 0 spiro atoms. The van der Waals surface area contributed by atoms with E-state index in [1.165, 1.54) is 6.42 Å². The zero-order valence-corrected chi connectivity index (χ0v) is 15.4. The van der Waals surface area contributed by atoms with Crippen LogP contribution >= 0.6 is 11.3 Å². The lowest BCUT2D eigenvalue weighted by molar-refractivity contribution is 0.195. The van der Waals surface area contributed by atoms with Crippen molar-refractivity contribution in [2.24, 2.45) is 0 Å². The van der Waals surface area contributed by atoms with Gasteiger partial charge in [0, 0.05) is 42.0 Å². The molecule has 0 saturated carbocycles. The average molecular weight is 354 g/mol. The molecule has 1 N–H and O–H groups in total. The SMILES string of the molecule is Cc1cc(-c2ncc(C)[nH]2)nc(C2CCCN(Cc3cscn3)C2)n1. The van der Waals surface area contributed by atoms with Crippen molar-refractivity contribution in [2.45, 2.75) is 39.2 Å². The highest BCUT2D eigenvalue weighted by Crippen LogP contribution is 2.27. The first-order valence-corrected chi connectivity index (χ1v) is 9.58. The first-order valence-electron chi connectivity index (χ1n) is 8.64. The van der Waals surface area contributed by atoms with E-state index in [1.807, 2.05) is 31.6 Å². The lowest BCUT2D eigenvalue weighted by Gasteiger charge is -2.31. The molecule has 3 aromatic rings. The molecule has 4 heterocycles. The fraction of sp³-hybridized carbons (Fsp3) is 0.444. The number of piperidine rings is 1. The molecular formula is C18H22N6S. The standard InChI is InChI=1S/C18H22N6S/c1-12-6-16(18-19-7-13(2)22-18)23-17(21-12)14-4-3-5-24(8-14)9-15-10-25-11-20-15/h6-7,10-11,14H,3-5,8-9H2,1-2H3,(H,19,22). The van der Waals surface area contributed by atoms with Gasteiger partial charge < -0.3 is 4.98 Å². The van der Waals surface area contributed by atoms with Crippen LogP contribution in [0.1, 0.15) is 41.7 Å². The predicted molar refractivity (Wildman–Crippen MR) is 98.5 cm³/mol. The summed E-state index contributed by atoms with van der Waals surface area (Å²) >= 11 is 1.66. The molecule has 0 radical (unpaired) electrons. The van der Waals surface area contributed by atoms with Crippen LogP contribution in [-0.4, -0.2) is 42.9 Å². The molecule has 130 valence electrons. The van der Waals surface area contributed by atoms with E-state index in [1.54, 1.807) is 11.3 Å². The van der Waals surface area contributed by atoms with E-state index in [2.05, 4.69) is 25.2 Å². The van der Waals surface area contributed by atoms with Crippen LogP contribution in [0.3, 0.4) is 0 Å². The molecule has 0 aliphatic carbocycles. The molecule has 4 rings (SSSR count). The lowest BCUT2D eigenvalue weighted by atomic mass is 9.96. The number of imidazole rings is 1. The number of nitrogens with zero attached hydrogens (tertiary/aromatic N) is 5. The monoisotopic (exact) mass is 354 g/mol. The summed E-state index contributed by atoms with van der Waals surface area (Å²) in [6.07, 6.45) is 4.14. The molecule has 7 heteroatoms. The number of H-pyrrole nitrogens is 1. The van der Waals surface area contributed by atoms with Crippen LogP contribution in [0.25, 0.3) is 11.5 Å². The number of hydrogen-bond donors (Lipinski definition) is 1. The van der Waals surface area contributed by atoms with Gasteiger partial charge in [0.05, 0.1) is 11.2 Å². The van der Waals surface area contributed by atoms with Gasteiger partial charge in [-0.2, -0.15) is 0 Å². The molecule has 0 aromatic carbocycles. The second kappa shape index (κ2) is 7.01. The Hall–Kier alpha value is -2.12. The van der Waals surface area contributed by atoms with Crippen LogP contribution in [0.15, 0.2) is 23.2 Å². The Bertz CT molecular complexity index is 841.